The lowest BCUT2D eigenvalue weighted by Crippen LogP contribution is -2.32. The quantitative estimate of drug-likeness (QED) is 0.263. The minimum atomic E-state index is -0.879. The molecule has 0 aliphatic rings. The fourth-order valence-corrected chi connectivity index (χ4v) is 3.37. The van der Waals surface area contributed by atoms with Crippen LogP contribution in [0.2, 0.25) is 5.02 Å². The first-order chi connectivity index (χ1) is 15.3. The van der Waals surface area contributed by atoms with Crippen molar-refractivity contribution in [3.63, 3.8) is 0 Å². The molecular formula is C24H21BrClN3O3. The van der Waals surface area contributed by atoms with E-state index in [9.17, 15) is 9.59 Å². The number of nitrogens with one attached hydrogen (secondary N) is 2. The third-order valence-corrected chi connectivity index (χ3v) is 5.60. The van der Waals surface area contributed by atoms with Crippen molar-refractivity contribution in [1.82, 2.24) is 5.43 Å². The minimum Gasteiger partial charge on any atom is -0.488 e. The summed E-state index contributed by atoms with van der Waals surface area (Å²) in [6.45, 7) is 4.07. The van der Waals surface area contributed by atoms with Crippen LogP contribution >= 0.6 is 27.5 Å². The lowest BCUT2D eigenvalue weighted by molar-refractivity contribution is -0.136. The van der Waals surface area contributed by atoms with E-state index in [4.69, 9.17) is 16.3 Å². The van der Waals surface area contributed by atoms with E-state index < -0.39 is 11.8 Å². The molecule has 0 aliphatic heterocycles. The molecular weight excluding hydrogens is 494 g/mol. The lowest BCUT2D eigenvalue weighted by atomic mass is 10.1. The molecule has 0 saturated carbocycles. The molecule has 0 aliphatic carbocycles. The van der Waals surface area contributed by atoms with E-state index in [1.807, 2.05) is 50.2 Å². The van der Waals surface area contributed by atoms with E-state index in [0.29, 0.717) is 22.0 Å². The first kappa shape index (κ1) is 23.5. The van der Waals surface area contributed by atoms with Crippen LogP contribution in [0.4, 0.5) is 5.69 Å². The van der Waals surface area contributed by atoms with Crippen LogP contribution in [0.5, 0.6) is 5.75 Å². The second kappa shape index (κ2) is 10.9. The average molecular weight is 515 g/mol. The summed E-state index contributed by atoms with van der Waals surface area (Å²) < 4.78 is 6.69. The van der Waals surface area contributed by atoms with E-state index >= 15 is 0 Å². The van der Waals surface area contributed by atoms with Gasteiger partial charge in [-0.3, -0.25) is 9.59 Å². The number of anilines is 1. The van der Waals surface area contributed by atoms with Crippen LogP contribution in [-0.4, -0.2) is 18.0 Å². The van der Waals surface area contributed by atoms with Crippen LogP contribution in [0, 0.1) is 13.8 Å². The van der Waals surface area contributed by atoms with Gasteiger partial charge in [-0.15, -0.1) is 0 Å². The Morgan fingerprint density at radius 3 is 2.62 bits per heavy atom. The molecule has 0 bridgehead atoms. The summed E-state index contributed by atoms with van der Waals surface area (Å²) in [6.07, 6.45) is 1.41. The topological polar surface area (TPSA) is 79.8 Å². The Morgan fingerprint density at radius 2 is 1.84 bits per heavy atom. The molecule has 32 heavy (non-hydrogen) atoms. The van der Waals surface area contributed by atoms with Crippen molar-refractivity contribution < 1.29 is 14.3 Å². The fraction of sp³-hybridized carbons (Fsp3) is 0.125. The summed E-state index contributed by atoms with van der Waals surface area (Å²) in [4.78, 5) is 24.3. The van der Waals surface area contributed by atoms with Gasteiger partial charge >= 0.3 is 11.8 Å². The molecule has 0 unspecified atom stereocenters. The van der Waals surface area contributed by atoms with Crippen LogP contribution in [0.15, 0.2) is 70.2 Å². The molecule has 0 heterocycles. The average Bonchev–Trinajstić information content (AvgIpc) is 2.77. The van der Waals surface area contributed by atoms with Gasteiger partial charge in [-0.2, -0.15) is 5.10 Å². The van der Waals surface area contributed by atoms with Crippen molar-refractivity contribution in [2.45, 2.75) is 20.5 Å². The Kier molecular flexibility index (Phi) is 8.03. The van der Waals surface area contributed by atoms with E-state index in [0.717, 1.165) is 21.2 Å². The number of nitrogens with zero attached hydrogens (tertiary/aromatic N) is 1. The number of hydrazone groups is 1. The first-order valence-electron chi connectivity index (χ1n) is 9.71. The Morgan fingerprint density at radius 1 is 1.06 bits per heavy atom. The van der Waals surface area contributed by atoms with E-state index in [2.05, 4.69) is 31.8 Å². The number of hydrogen-bond acceptors (Lipinski definition) is 4. The van der Waals surface area contributed by atoms with E-state index in [1.165, 1.54) is 6.21 Å². The number of benzene rings is 3. The number of aryl methyl sites for hydroxylation is 1. The fourth-order valence-electron chi connectivity index (χ4n) is 2.80. The molecule has 0 radical (unpaired) electrons. The molecule has 0 spiro atoms. The second-order valence-corrected chi connectivity index (χ2v) is 8.29. The van der Waals surface area contributed by atoms with Gasteiger partial charge in [0, 0.05) is 26.3 Å². The van der Waals surface area contributed by atoms with Crippen molar-refractivity contribution in [2.24, 2.45) is 5.10 Å². The largest absolute Gasteiger partial charge is 0.488 e. The van der Waals surface area contributed by atoms with Crippen molar-refractivity contribution in [3.8, 4) is 5.75 Å². The third kappa shape index (κ3) is 6.18. The number of amides is 2. The van der Waals surface area contributed by atoms with E-state index in [1.54, 1.807) is 24.3 Å². The zero-order valence-electron chi connectivity index (χ0n) is 17.5. The summed E-state index contributed by atoms with van der Waals surface area (Å²) in [5, 5.41) is 7.11. The highest BCUT2D eigenvalue weighted by Gasteiger charge is 2.14. The van der Waals surface area contributed by atoms with E-state index in [-0.39, 0.29) is 6.61 Å². The smallest absolute Gasteiger partial charge is 0.329 e. The van der Waals surface area contributed by atoms with Crippen LogP contribution < -0.4 is 15.5 Å². The SMILES string of the molecule is Cc1cccc(NC(=O)C(=O)N/N=C\c2cc(Br)ccc2OCc2ccccc2Cl)c1C. The maximum Gasteiger partial charge on any atom is 0.329 e. The maximum absolute atomic E-state index is 12.2. The number of hydrogen-bond donors (Lipinski definition) is 2. The molecule has 8 heteroatoms. The van der Waals surface area contributed by atoms with Gasteiger partial charge in [-0.1, -0.05) is 57.9 Å². The molecule has 3 aromatic rings. The highest BCUT2D eigenvalue weighted by molar-refractivity contribution is 9.10. The predicted molar refractivity (Wildman–Crippen MR) is 130 cm³/mol. The minimum absolute atomic E-state index is 0.271. The lowest BCUT2D eigenvalue weighted by Gasteiger charge is -2.11. The summed E-state index contributed by atoms with van der Waals surface area (Å²) in [7, 11) is 0. The predicted octanol–water partition coefficient (Wildman–Crippen LogP) is 5.39. The zero-order valence-corrected chi connectivity index (χ0v) is 19.8. The third-order valence-electron chi connectivity index (χ3n) is 4.74. The van der Waals surface area contributed by atoms with Crippen molar-refractivity contribution in [3.05, 3.63) is 92.4 Å². The summed E-state index contributed by atoms with van der Waals surface area (Å²) in [5.74, 6) is -1.14. The molecule has 3 rings (SSSR count). The Labute approximate surface area is 199 Å². The summed E-state index contributed by atoms with van der Waals surface area (Å²) in [5.41, 5.74) is 6.19. The molecule has 0 aromatic heterocycles. The molecule has 6 nitrogen and oxygen atoms in total. The molecule has 0 saturated heterocycles. The van der Waals surface area contributed by atoms with Crippen molar-refractivity contribution in [1.29, 1.82) is 0 Å². The highest BCUT2D eigenvalue weighted by Crippen LogP contribution is 2.24. The molecule has 2 amide bonds. The van der Waals surface area contributed by atoms with Gasteiger partial charge in [0.1, 0.15) is 12.4 Å². The molecule has 2 N–H and O–H groups in total. The molecule has 0 atom stereocenters. The highest BCUT2D eigenvalue weighted by atomic mass is 79.9. The number of rotatable bonds is 6. The Hall–Kier alpha value is -3.16. The normalized spacial score (nSPS) is 10.8. The van der Waals surface area contributed by atoms with Gasteiger partial charge in [0.05, 0.1) is 6.21 Å². The molecule has 3 aromatic carbocycles. The van der Waals surface area contributed by atoms with Gasteiger partial charge in [0.2, 0.25) is 0 Å². The summed E-state index contributed by atoms with van der Waals surface area (Å²) >= 11 is 9.59. The van der Waals surface area contributed by atoms with Crippen LogP contribution in [0.3, 0.4) is 0 Å². The van der Waals surface area contributed by atoms with Crippen molar-refractivity contribution >= 4 is 51.2 Å². The summed E-state index contributed by atoms with van der Waals surface area (Å²) in [6, 6.07) is 18.3. The first-order valence-corrected chi connectivity index (χ1v) is 10.9. The van der Waals surface area contributed by atoms with Crippen LogP contribution in [-0.2, 0) is 16.2 Å². The molecule has 0 fully saturated rings. The van der Waals surface area contributed by atoms with Gasteiger partial charge in [0.25, 0.3) is 0 Å². The van der Waals surface area contributed by atoms with Gasteiger partial charge in [0.15, 0.2) is 0 Å². The number of carbonyl (C=O) groups excluding carboxylic acids is 2. The van der Waals surface area contributed by atoms with Gasteiger partial charge in [-0.05, 0) is 55.3 Å². The number of halogens is 2. The zero-order chi connectivity index (χ0) is 23.1. The van der Waals surface area contributed by atoms with Gasteiger partial charge < -0.3 is 10.1 Å². The van der Waals surface area contributed by atoms with Crippen LogP contribution in [0.1, 0.15) is 22.3 Å². The number of ether oxygens (including phenoxy) is 1. The monoisotopic (exact) mass is 513 g/mol. The van der Waals surface area contributed by atoms with Crippen LogP contribution in [0.25, 0.3) is 0 Å². The Balaban J connectivity index is 1.64. The molecule has 164 valence electrons. The number of carbonyl (C=O) groups is 2. The van der Waals surface area contributed by atoms with Crippen molar-refractivity contribution in [2.75, 3.05) is 5.32 Å². The van der Waals surface area contributed by atoms with Gasteiger partial charge in [-0.25, -0.2) is 5.43 Å². The maximum atomic E-state index is 12.2. The standard InChI is InChI=1S/C24H21BrClN3O3/c1-15-6-5-9-21(16(15)2)28-23(30)24(31)29-27-13-18-12-19(25)10-11-22(18)32-14-17-7-3-4-8-20(17)26/h3-13H,14H2,1-2H3,(H,28,30)(H,29,31)/b27-13-. The second-order valence-electron chi connectivity index (χ2n) is 6.96. The Bertz CT molecular complexity index is 1180.